The molecule has 2 aromatic rings. The molecule has 24 heavy (non-hydrogen) atoms. The Morgan fingerprint density at radius 1 is 1.12 bits per heavy atom. The molecule has 3 nitrogen and oxygen atoms in total. The van der Waals surface area contributed by atoms with Crippen LogP contribution < -0.4 is 10.1 Å². The van der Waals surface area contributed by atoms with Crippen LogP contribution in [0.1, 0.15) is 41.1 Å². The van der Waals surface area contributed by atoms with Gasteiger partial charge in [-0.05, 0) is 56.2 Å². The molecule has 1 atom stereocenters. The predicted molar refractivity (Wildman–Crippen MR) is 96.2 cm³/mol. The number of rotatable bonds is 6. The normalized spacial score (nSPS) is 15.0. The Hall–Kier alpha value is -2.29. The average molecular weight is 323 g/mol. The van der Waals surface area contributed by atoms with Crippen LogP contribution in [0.25, 0.3) is 0 Å². The summed E-state index contributed by atoms with van der Waals surface area (Å²) in [4.78, 5) is 12.4. The Morgan fingerprint density at radius 3 is 2.33 bits per heavy atom. The highest BCUT2D eigenvalue weighted by molar-refractivity contribution is 5.78. The van der Waals surface area contributed by atoms with E-state index in [2.05, 4.69) is 36.5 Å². The predicted octanol–water partition coefficient (Wildman–Crippen LogP) is 4.26. The monoisotopic (exact) mass is 323 g/mol. The molecule has 1 saturated carbocycles. The van der Waals surface area contributed by atoms with Crippen LogP contribution in [0, 0.1) is 26.7 Å². The molecule has 0 unspecified atom stereocenters. The van der Waals surface area contributed by atoms with E-state index in [1.807, 2.05) is 32.0 Å². The molecule has 1 aliphatic rings. The van der Waals surface area contributed by atoms with Crippen molar-refractivity contribution in [1.29, 1.82) is 0 Å². The largest absolute Gasteiger partial charge is 0.483 e. The zero-order chi connectivity index (χ0) is 17.1. The van der Waals surface area contributed by atoms with Gasteiger partial charge in [-0.25, -0.2) is 0 Å². The SMILES string of the molecule is Cc1cc(C)c(OCC(=O)N[C@@H](c2ccccc2)C2CC2)c(C)c1. The second-order valence-corrected chi connectivity index (χ2v) is 6.81. The molecule has 1 fully saturated rings. The van der Waals surface area contributed by atoms with Crippen molar-refractivity contribution in [3.63, 3.8) is 0 Å². The van der Waals surface area contributed by atoms with Gasteiger partial charge >= 0.3 is 0 Å². The molecule has 1 N–H and O–H groups in total. The lowest BCUT2D eigenvalue weighted by molar-refractivity contribution is -0.124. The van der Waals surface area contributed by atoms with E-state index in [9.17, 15) is 4.79 Å². The first kappa shape index (κ1) is 16.6. The summed E-state index contributed by atoms with van der Waals surface area (Å²) in [7, 11) is 0. The van der Waals surface area contributed by atoms with Crippen molar-refractivity contribution in [3.8, 4) is 5.75 Å². The summed E-state index contributed by atoms with van der Waals surface area (Å²) in [5, 5.41) is 3.15. The summed E-state index contributed by atoms with van der Waals surface area (Å²) in [6.45, 7) is 6.16. The third-order valence-corrected chi connectivity index (χ3v) is 4.52. The molecule has 3 heteroatoms. The van der Waals surface area contributed by atoms with Crippen molar-refractivity contribution < 1.29 is 9.53 Å². The summed E-state index contributed by atoms with van der Waals surface area (Å²) < 4.78 is 5.81. The minimum absolute atomic E-state index is 0.0563. The fourth-order valence-corrected chi connectivity index (χ4v) is 3.31. The lowest BCUT2D eigenvalue weighted by atomic mass is 10.0. The molecule has 0 heterocycles. The van der Waals surface area contributed by atoms with E-state index in [4.69, 9.17) is 4.74 Å². The first-order chi connectivity index (χ1) is 11.5. The van der Waals surface area contributed by atoms with Gasteiger partial charge < -0.3 is 10.1 Å². The summed E-state index contributed by atoms with van der Waals surface area (Å²) >= 11 is 0. The number of amides is 1. The first-order valence-electron chi connectivity index (χ1n) is 8.59. The van der Waals surface area contributed by atoms with Crippen molar-refractivity contribution in [3.05, 3.63) is 64.7 Å². The summed E-state index contributed by atoms with van der Waals surface area (Å²) in [5.41, 5.74) is 4.53. The Kier molecular flexibility index (Phi) is 4.89. The van der Waals surface area contributed by atoms with Crippen molar-refractivity contribution in [2.75, 3.05) is 6.61 Å². The van der Waals surface area contributed by atoms with E-state index in [0.29, 0.717) is 5.92 Å². The van der Waals surface area contributed by atoms with E-state index < -0.39 is 0 Å². The molecule has 0 radical (unpaired) electrons. The Balaban J connectivity index is 1.63. The highest BCUT2D eigenvalue weighted by Gasteiger charge is 2.33. The first-order valence-corrected chi connectivity index (χ1v) is 8.59. The van der Waals surface area contributed by atoms with Crippen molar-refractivity contribution in [2.24, 2.45) is 5.92 Å². The Labute approximate surface area is 144 Å². The molecule has 0 aliphatic heterocycles. The number of aryl methyl sites for hydroxylation is 3. The molecular formula is C21H25NO2. The molecule has 0 aromatic heterocycles. The fourth-order valence-electron chi connectivity index (χ4n) is 3.31. The van der Waals surface area contributed by atoms with Gasteiger partial charge in [0.1, 0.15) is 5.75 Å². The third kappa shape index (κ3) is 3.97. The topological polar surface area (TPSA) is 38.3 Å². The van der Waals surface area contributed by atoms with Crippen LogP contribution in [0.15, 0.2) is 42.5 Å². The zero-order valence-corrected chi connectivity index (χ0v) is 14.6. The van der Waals surface area contributed by atoms with Gasteiger partial charge in [0.05, 0.1) is 6.04 Å². The van der Waals surface area contributed by atoms with Crippen LogP contribution in [-0.4, -0.2) is 12.5 Å². The number of carbonyl (C=O) groups is 1. The standard InChI is InChI=1S/C21H25NO2/c1-14-11-15(2)21(16(3)12-14)24-13-19(23)22-20(18-9-10-18)17-7-5-4-6-8-17/h4-8,11-12,18,20H,9-10,13H2,1-3H3,(H,22,23)/t20-/m0/s1. The van der Waals surface area contributed by atoms with Crippen molar-refractivity contribution >= 4 is 5.91 Å². The smallest absolute Gasteiger partial charge is 0.258 e. The maximum absolute atomic E-state index is 12.4. The summed E-state index contributed by atoms with van der Waals surface area (Å²) in [6.07, 6.45) is 2.35. The van der Waals surface area contributed by atoms with Gasteiger partial charge in [-0.15, -0.1) is 0 Å². The quantitative estimate of drug-likeness (QED) is 0.862. The molecule has 1 aliphatic carbocycles. The van der Waals surface area contributed by atoms with E-state index >= 15 is 0 Å². The average Bonchev–Trinajstić information content (AvgIpc) is 3.37. The number of carbonyl (C=O) groups excluding carboxylic acids is 1. The van der Waals surface area contributed by atoms with Crippen molar-refractivity contribution in [2.45, 2.75) is 39.7 Å². The van der Waals surface area contributed by atoms with E-state index in [-0.39, 0.29) is 18.6 Å². The second-order valence-electron chi connectivity index (χ2n) is 6.81. The summed E-state index contributed by atoms with van der Waals surface area (Å²) in [5.74, 6) is 1.31. The number of nitrogens with one attached hydrogen (secondary N) is 1. The molecule has 0 bridgehead atoms. The van der Waals surface area contributed by atoms with Gasteiger partial charge in [-0.3, -0.25) is 4.79 Å². The number of hydrogen-bond donors (Lipinski definition) is 1. The number of benzene rings is 2. The van der Waals surface area contributed by atoms with Gasteiger partial charge in [0.25, 0.3) is 5.91 Å². The minimum atomic E-state index is -0.0601. The summed E-state index contributed by atoms with van der Waals surface area (Å²) in [6, 6.07) is 14.5. The van der Waals surface area contributed by atoms with Gasteiger partial charge in [-0.1, -0.05) is 48.0 Å². The van der Waals surface area contributed by atoms with Crippen molar-refractivity contribution in [1.82, 2.24) is 5.32 Å². The lowest BCUT2D eigenvalue weighted by Crippen LogP contribution is -2.33. The molecular weight excluding hydrogens is 298 g/mol. The van der Waals surface area contributed by atoms with Gasteiger partial charge in [0.15, 0.2) is 6.61 Å². The van der Waals surface area contributed by atoms with E-state index in [1.54, 1.807) is 0 Å². The van der Waals surface area contributed by atoms with E-state index in [1.165, 1.54) is 24.0 Å². The Bertz CT molecular complexity index is 697. The number of hydrogen-bond acceptors (Lipinski definition) is 2. The Morgan fingerprint density at radius 2 is 1.75 bits per heavy atom. The highest BCUT2D eigenvalue weighted by Crippen LogP contribution is 2.40. The van der Waals surface area contributed by atoms with Gasteiger partial charge in [0, 0.05) is 0 Å². The van der Waals surface area contributed by atoms with Crippen LogP contribution in [0.5, 0.6) is 5.75 Å². The van der Waals surface area contributed by atoms with Gasteiger partial charge in [0.2, 0.25) is 0 Å². The van der Waals surface area contributed by atoms with Crippen LogP contribution in [0.4, 0.5) is 0 Å². The molecule has 0 spiro atoms. The van der Waals surface area contributed by atoms with E-state index in [0.717, 1.165) is 16.9 Å². The maximum Gasteiger partial charge on any atom is 0.258 e. The zero-order valence-electron chi connectivity index (χ0n) is 14.6. The molecule has 1 amide bonds. The molecule has 2 aromatic carbocycles. The van der Waals surface area contributed by atoms with Crippen LogP contribution >= 0.6 is 0 Å². The number of ether oxygens (including phenoxy) is 1. The fraction of sp³-hybridized carbons (Fsp3) is 0.381. The van der Waals surface area contributed by atoms with Gasteiger partial charge in [-0.2, -0.15) is 0 Å². The maximum atomic E-state index is 12.4. The van der Waals surface area contributed by atoms with Crippen LogP contribution in [-0.2, 0) is 4.79 Å². The lowest BCUT2D eigenvalue weighted by Gasteiger charge is -2.19. The van der Waals surface area contributed by atoms with Crippen LogP contribution in [0.2, 0.25) is 0 Å². The molecule has 3 rings (SSSR count). The molecule has 0 saturated heterocycles. The highest BCUT2D eigenvalue weighted by atomic mass is 16.5. The second kappa shape index (κ2) is 7.08. The third-order valence-electron chi connectivity index (χ3n) is 4.52. The van der Waals surface area contributed by atoms with Crippen LogP contribution in [0.3, 0.4) is 0 Å². The molecule has 126 valence electrons. The minimum Gasteiger partial charge on any atom is -0.483 e.